The first-order valence-electron chi connectivity index (χ1n) is 3.55. The zero-order chi connectivity index (χ0) is 7.68. The lowest BCUT2D eigenvalue weighted by atomic mass is 10.3. The summed E-state index contributed by atoms with van der Waals surface area (Å²) in [7, 11) is 0. The molecule has 0 fully saturated rings. The fourth-order valence-electron chi connectivity index (χ4n) is 1.19. The van der Waals surface area contributed by atoms with Crippen LogP contribution in [-0.4, -0.2) is 41.4 Å². The van der Waals surface area contributed by atoms with Crippen LogP contribution in [0.5, 0.6) is 0 Å². The van der Waals surface area contributed by atoms with E-state index in [9.17, 15) is 0 Å². The van der Waals surface area contributed by atoms with Gasteiger partial charge in [0.1, 0.15) is 5.84 Å². The van der Waals surface area contributed by atoms with Gasteiger partial charge in [-0.2, -0.15) is 0 Å². The minimum Gasteiger partial charge on any atom is -0.394 e. The van der Waals surface area contributed by atoms with E-state index in [1.54, 1.807) is 12.5 Å². The van der Waals surface area contributed by atoms with Gasteiger partial charge in [-0.3, -0.25) is 4.99 Å². The van der Waals surface area contributed by atoms with Gasteiger partial charge >= 0.3 is 0 Å². The van der Waals surface area contributed by atoms with Crippen molar-refractivity contribution >= 4 is 12.2 Å². The molecule has 0 aromatic heterocycles. The van der Waals surface area contributed by atoms with E-state index in [0.29, 0.717) is 0 Å². The van der Waals surface area contributed by atoms with Crippen LogP contribution in [0, 0.1) is 0 Å². The van der Waals surface area contributed by atoms with Crippen molar-refractivity contribution in [1.29, 1.82) is 0 Å². The molecular formula is C7H9N3O. The van der Waals surface area contributed by atoms with Crippen LogP contribution in [0.3, 0.4) is 0 Å². The van der Waals surface area contributed by atoms with Gasteiger partial charge in [0, 0.05) is 6.20 Å². The molecule has 0 aliphatic carbocycles. The Labute approximate surface area is 64.6 Å². The molecule has 4 nitrogen and oxygen atoms in total. The van der Waals surface area contributed by atoms with Crippen LogP contribution in [0.4, 0.5) is 0 Å². The second-order valence-electron chi connectivity index (χ2n) is 2.56. The van der Waals surface area contributed by atoms with Gasteiger partial charge in [-0.25, -0.2) is 4.99 Å². The molecule has 0 aromatic rings. The van der Waals surface area contributed by atoms with E-state index in [1.165, 1.54) is 0 Å². The lowest BCUT2D eigenvalue weighted by molar-refractivity contribution is 0.265. The highest BCUT2D eigenvalue weighted by Gasteiger charge is 2.22. The second-order valence-corrected chi connectivity index (χ2v) is 2.56. The van der Waals surface area contributed by atoms with Crippen LogP contribution in [0.25, 0.3) is 0 Å². The van der Waals surface area contributed by atoms with Crippen LogP contribution < -0.4 is 0 Å². The van der Waals surface area contributed by atoms with Gasteiger partial charge in [-0.05, 0) is 6.08 Å². The van der Waals surface area contributed by atoms with Gasteiger partial charge in [0.05, 0.1) is 25.5 Å². The smallest absolute Gasteiger partial charge is 0.130 e. The van der Waals surface area contributed by atoms with Crippen LogP contribution in [0.2, 0.25) is 0 Å². The van der Waals surface area contributed by atoms with Gasteiger partial charge in [0.15, 0.2) is 0 Å². The van der Waals surface area contributed by atoms with E-state index in [-0.39, 0.29) is 12.6 Å². The summed E-state index contributed by atoms with van der Waals surface area (Å²) in [6, 6.07) is 0.0270. The first kappa shape index (κ1) is 6.54. The Morgan fingerprint density at radius 1 is 1.73 bits per heavy atom. The average molecular weight is 151 g/mol. The lowest BCUT2D eigenvalue weighted by Crippen LogP contribution is -2.28. The Hall–Kier alpha value is -1.16. The SMILES string of the molecule is OCC1CN2C=NC=CC2=N1. The molecule has 2 aliphatic rings. The number of hydrogen-bond donors (Lipinski definition) is 1. The Kier molecular flexibility index (Phi) is 1.47. The maximum atomic E-state index is 8.81. The summed E-state index contributed by atoms with van der Waals surface area (Å²) < 4.78 is 0. The van der Waals surface area contributed by atoms with Crippen molar-refractivity contribution in [1.82, 2.24) is 4.90 Å². The van der Waals surface area contributed by atoms with E-state index >= 15 is 0 Å². The number of rotatable bonds is 1. The molecule has 2 heterocycles. The highest BCUT2D eigenvalue weighted by atomic mass is 16.3. The summed E-state index contributed by atoms with van der Waals surface area (Å²) in [5.41, 5.74) is 0. The third kappa shape index (κ3) is 1.05. The van der Waals surface area contributed by atoms with Gasteiger partial charge in [0.2, 0.25) is 0 Å². The summed E-state index contributed by atoms with van der Waals surface area (Å²) in [6.07, 6.45) is 5.28. The molecule has 0 radical (unpaired) electrons. The molecule has 1 N–H and O–H groups in total. The van der Waals surface area contributed by atoms with Crippen molar-refractivity contribution in [3.8, 4) is 0 Å². The number of aliphatic hydroxyl groups excluding tert-OH is 1. The van der Waals surface area contributed by atoms with Crippen molar-refractivity contribution < 1.29 is 5.11 Å². The number of amidine groups is 1. The van der Waals surface area contributed by atoms with Gasteiger partial charge in [-0.1, -0.05) is 0 Å². The van der Waals surface area contributed by atoms with Crippen molar-refractivity contribution in [3.05, 3.63) is 12.3 Å². The molecule has 11 heavy (non-hydrogen) atoms. The molecule has 0 saturated carbocycles. The minimum atomic E-state index is 0.0270. The van der Waals surface area contributed by atoms with Crippen molar-refractivity contribution in [2.75, 3.05) is 13.2 Å². The van der Waals surface area contributed by atoms with Gasteiger partial charge in [-0.15, -0.1) is 0 Å². The third-order valence-electron chi connectivity index (χ3n) is 1.74. The molecule has 0 saturated heterocycles. The number of nitrogens with zero attached hydrogens (tertiary/aromatic N) is 3. The number of aliphatic hydroxyl groups is 1. The molecule has 2 rings (SSSR count). The van der Waals surface area contributed by atoms with Crippen LogP contribution in [-0.2, 0) is 0 Å². The molecule has 0 amide bonds. The largest absolute Gasteiger partial charge is 0.394 e. The summed E-state index contributed by atoms with van der Waals surface area (Å²) in [4.78, 5) is 10.1. The minimum absolute atomic E-state index is 0.0270. The van der Waals surface area contributed by atoms with Crippen LogP contribution in [0.1, 0.15) is 0 Å². The predicted molar refractivity (Wildman–Crippen MR) is 42.6 cm³/mol. The highest BCUT2D eigenvalue weighted by Crippen LogP contribution is 2.10. The summed E-state index contributed by atoms with van der Waals surface area (Å²) in [5, 5.41) is 8.81. The maximum absolute atomic E-state index is 8.81. The molecular weight excluding hydrogens is 142 g/mol. The monoisotopic (exact) mass is 151 g/mol. The molecule has 58 valence electrons. The van der Waals surface area contributed by atoms with Crippen LogP contribution in [0.15, 0.2) is 22.3 Å². The van der Waals surface area contributed by atoms with E-state index in [1.807, 2.05) is 11.0 Å². The fraction of sp³-hybridized carbons (Fsp3) is 0.429. The Bertz CT molecular complexity index is 244. The van der Waals surface area contributed by atoms with Gasteiger partial charge < -0.3 is 10.0 Å². The molecule has 4 heteroatoms. The molecule has 2 aliphatic heterocycles. The number of fused-ring (bicyclic) bond motifs is 1. The first-order chi connectivity index (χ1) is 5.40. The topological polar surface area (TPSA) is 48.2 Å². The number of aliphatic imine (C=N–C) groups is 2. The summed E-state index contributed by atoms with van der Waals surface area (Å²) in [6.45, 7) is 0.862. The van der Waals surface area contributed by atoms with E-state index < -0.39 is 0 Å². The standard InChI is InChI=1S/C7H9N3O/c11-4-6-3-10-5-8-2-1-7(10)9-6/h1-2,5-6,11H,3-4H2. The van der Waals surface area contributed by atoms with Crippen molar-refractivity contribution in [2.24, 2.45) is 9.98 Å². The number of hydrogen-bond acceptors (Lipinski definition) is 4. The highest BCUT2D eigenvalue weighted by molar-refractivity contribution is 6.02. The molecule has 0 spiro atoms. The van der Waals surface area contributed by atoms with E-state index in [2.05, 4.69) is 9.98 Å². The molecule has 1 unspecified atom stereocenters. The predicted octanol–water partition coefficient (Wildman–Crippen LogP) is -0.383. The molecule has 0 aromatic carbocycles. The van der Waals surface area contributed by atoms with E-state index in [0.717, 1.165) is 12.4 Å². The Balaban J connectivity index is 2.19. The zero-order valence-electron chi connectivity index (χ0n) is 6.01. The normalized spacial score (nSPS) is 27.2. The Morgan fingerprint density at radius 2 is 2.64 bits per heavy atom. The maximum Gasteiger partial charge on any atom is 0.130 e. The van der Waals surface area contributed by atoms with Crippen molar-refractivity contribution in [3.63, 3.8) is 0 Å². The fourth-order valence-corrected chi connectivity index (χ4v) is 1.19. The summed E-state index contributed by atoms with van der Waals surface area (Å²) in [5.74, 6) is 0.902. The van der Waals surface area contributed by atoms with Gasteiger partial charge in [0.25, 0.3) is 0 Å². The summed E-state index contributed by atoms with van der Waals surface area (Å²) >= 11 is 0. The van der Waals surface area contributed by atoms with E-state index in [4.69, 9.17) is 5.11 Å². The third-order valence-corrected chi connectivity index (χ3v) is 1.74. The molecule has 0 bridgehead atoms. The van der Waals surface area contributed by atoms with Crippen LogP contribution >= 0.6 is 0 Å². The zero-order valence-corrected chi connectivity index (χ0v) is 6.01. The average Bonchev–Trinajstić information content (AvgIpc) is 2.46. The quantitative estimate of drug-likeness (QED) is 0.555. The second kappa shape index (κ2) is 2.47. The lowest BCUT2D eigenvalue weighted by Gasteiger charge is -2.13. The van der Waals surface area contributed by atoms with Crippen molar-refractivity contribution in [2.45, 2.75) is 6.04 Å². The Morgan fingerprint density at radius 3 is 3.36 bits per heavy atom. The first-order valence-corrected chi connectivity index (χ1v) is 3.55. The molecule has 1 atom stereocenters.